The summed E-state index contributed by atoms with van der Waals surface area (Å²) in [6.45, 7) is 11.7. The summed E-state index contributed by atoms with van der Waals surface area (Å²) < 4.78 is 5.56. The van der Waals surface area contributed by atoms with Crippen LogP contribution in [0.25, 0.3) is 0 Å². The minimum atomic E-state index is -1.11. The Hall–Kier alpha value is -2.27. The summed E-state index contributed by atoms with van der Waals surface area (Å²) in [7, 11) is 0. The van der Waals surface area contributed by atoms with E-state index in [9.17, 15) is 5.11 Å². The second-order valence-corrected chi connectivity index (χ2v) is 7.48. The minimum Gasteiger partial charge on any atom is -0.463 e. The lowest BCUT2D eigenvalue weighted by molar-refractivity contribution is 0.0378. The SMILES string of the molecule is CCNC(=NCC(C)(C)c1ccccc1)NCC(C)(O)c1ccc(C)o1. The van der Waals surface area contributed by atoms with E-state index >= 15 is 0 Å². The van der Waals surface area contributed by atoms with Gasteiger partial charge in [0.25, 0.3) is 0 Å². The first kappa shape index (κ1) is 20.0. The number of nitrogens with zero attached hydrogens (tertiary/aromatic N) is 1. The summed E-state index contributed by atoms with van der Waals surface area (Å²) in [5.74, 6) is 2.01. The van der Waals surface area contributed by atoms with Crippen LogP contribution in [0.4, 0.5) is 0 Å². The number of hydrogen-bond donors (Lipinski definition) is 3. The number of benzene rings is 1. The molecule has 0 saturated carbocycles. The minimum absolute atomic E-state index is 0.0791. The Morgan fingerprint density at radius 2 is 1.77 bits per heavy atom. The Bertz CT molecular complexity index is 718. The summed E-state index contributed by atoms with van der Waals surface area (Å²) in [5.41, 5.74) is 0.0570. The zero-order valence-electron chi connectivity index (χ0n) is 16.5. The van der Waals surface area contributed by atoms with Gasteiger partial charge in [0.2, 0.25) is 0 Å². The molecule has 1 atom stereocenters. The van der Waals surface area contributed by atoms with E-state index in [-0.39, 0.29) is 5.41 Å². The van der Waals surface area contributed by atoms with Gasteiger partial charge in [-0.3, -0.25) is 4.99 Å². The third-order valence-electron chi connectivity index (χ3n) is 4.40. The molecule has 3 N–H and O–H groups in total. The largest absolute Gasteiger partial charge is 0.463 e. The van der Waals surface area contributed by atoms with Gasteiger partial charge in [-0.05, 0) is 38.5 Å². The number of aliphatic imine (C=N–C) groups is 1. The summed E-state index contributed by atoms with van der Waals surface area (Å²) in [6.07, 6.45) is 0. The first-order valence-electron chi connectivity index (χ1n) is 9.11. The number of aryl methyl sites for hydroxylation is 1. The average molecular weight is 357 g/mol. The molecule has 2 rings (SSSR count). The Balaban J connectivity index is 2.04. The van der Waals surface area contributed by atoms with Crippen molar-refractivity contribution >= 4 is 5.96 Å². The van der Waals surface area contributed by atoms with Crippen LogP contribution >= 0.6 is 0 Å². The predicted molar refractivity (Wildman–Crippen MR) is 106 cm³/mol. The maximum absolute atomic E-state index is 10.7. The monoisotopic (exact) mass is 357 g/mol. The zero-order valence-corrected chi connectivity index (χ0v) is 16.5. The van der Waals surface area contributed by atoms with Crippen LogP contribution in [0.1, 0.15) is 44.8 Å². The molecule has 142 valence electrons. The van der Waals surface area contributed by atoms with Crippen LogP contribution in [-0.4, -0.2) is 30.7 Å². The Kier molecular flexibility index (Phi) is 6.48. The van der Waals surface area contributed by atoms with Crippen LogP contribution in [0.5, 0.6) is 0 Å². The first-order chi connectivity index (χ1) is 12.2. The number of aliphatic hydroxyl groups is 1. The van der Waals surface area contributed by atoms with Crippen molar-refractivity contribution in [3.63, 3.8) is 0 Å². The van der Waals surface area contributed by atoms with Gasteiger partial charge >= 0.3 is 0 Å². The van der Waals surface area contributed by atoms with Gasteiger partial charge in [0.1, 0.15) is 17.1 Å². The van der Waals surface area contributed by atoms with Gasteiger partial charge in [-0.15, -0.1) is 0 Å². The molecule has 0 radical (unpaired) electrons. The van der Waals surface area contributed by atoms with Gasteiger partial charge in [-0.25, -0.2) is 0 Å². The van der Waals surface area contributed by atoms with Crippen LogP contribution in [0.3, 0.4) is 0 Å². The standard InChI is InChI=1S/C21H31N3O2/c1-6-22-19(23-14-20(3,4)17-10-8-7-9-11-17)24-15-21(5,25)18-13-12-16(2)26-18/h7-13,25H,6,14-15H2,1-5H3,(H2,22,23,24). The molecule has 2 aromatic rings. The molecule has 0 aliphatic heterocycles. The topological polar surface area (TPSA) is 69.8 Å². The van der Waals surface area contributed by atoms with E-state index in [2.05, 4.69) is 36.6 Å². The maximum atomic E-state index is 10.7. The quantitative estimate of drug-likeness (QED) is 0.525. The molecule has 1 aromatic carbocycles. The summed E-state index contributed by atoms with van der Waals surface area (Å²) in [4.78, 5) is 4.72. The number of rotatable bonds is 7. The molecule has 5 heteroatoms. The number of guanidine groups is 1. The molecule has 0 spiro atoms. The Morgan fingerprint density at radius 1 is 1.08 bits per heavy atom. The highest BCUT2D eigenvalue weighted by Gasteiger charge is 2.27. The van der Waals surface area contributed by atoms with Crippen LogP contribution in [0.15, 0.2) is 51.9 Å². The van der Waals surface area contributed by atoms with Crippen LogP contribution in [0.2, 0.25) is 0 Å². The fraction of sp³-hybridized carbons (Fsp3) is 0.476. The Morgan fingerprint density at radius 3 is 2.35 bits per heavy atom. The molecule has 0 saturated heterocycles. The molecule has 1 unspecified atom stereocenters. The van der Waals surface area contributed by atoms with Crippen molar-refractivity contribution in [1.82, 2.24) is 10.6 Å². The maximum Gasteiger partial charge on any atom is 0.191 e. The molecular weight excluding hydrogens is 326 g/mol. The molecule has 0 bridgehead atoms. The van der Waals surface area contributed by atoms with Crippen molar-refractivity contribution in [2.45, 2.75) is 45.6 Å². The fourth-order valence-corrected chi connectivity index (χ4v) is 2.67. The summed E-state index contributed by atoms with van der Waals surface area (Å²) in [6, 6.07) is 14.0. The first-order valence-corrected chi connectivity index (χ1v) is 9.11. The van der Waals surface area contributed by atoms with E-state index in [1.54, 1.807) is 13.0 Å². The highest BCUT2D eigenvalue weighted by molar-refractivity contribution is 5.79. The number of hydrogen-bond acceptors (Lipinski definition) is 3. The van der Waals surface area contributed by atoms with E-state index in [1.807, 2.05) is 38.1 Å². The highest BCUT2D eigenvalue weighted by Crippen LogP contribution is 2.23. The smallest absolute Gasteiger partial charge is 0.191 e. The molecule has 1 heterocycles. The van der Waals surface area contributed by atoms with Crippen molar-refractivity contribution in [1.29, 1.82) is 0 Å². The average Bonchev–Trinajstić information content (AvgIpc) is 3.06. The normalized spacial score (nSPS) is 14.8. The van der Waals surface area contributed by atoms with Crippen molar-refractivity contribution in [2.75, 3.05) is 19.6 Å². The number of nitrogens with one attached hydrogen (secondary N) is 2. The van der Waals surface area contributed by atoms with E-state index in [0.717, 1.165) is 12.3 Å². The second-order valence-electron chi connectivity index (χ2n) is 7.48. The molecule has 0 aliphatic rings. The lowest BCUT2D eigenvalue weighted by Crippen LogP contribution is -2.45. The second kappa shape index (κ2) is 8.41. The van der Waals surface area contributed by atoms with Gasteiger partial charge in [-0.2, -0.15) is 0 Å². The van der Waals surface area contributed by atoms with E-state index in [4.69, 9.17) is 9.41 Å². The zero-order chi connectivity index (χ0) is 19.2. The van der Waals surface area contributed by atoms with Gasteiger partial charge < -0.3 is 20.2 Å². The lowest BCUT2D eigenvalue weighted by Gasteiger charge is -2.25. The van der Waals surface area contributed by atoms with Crippen molar-refractivity contribution in [3.05, 3.63) is 59.5 Å². The van der Waals surface area contributed by atoms with Gasteiger partial charge in [-0.1, -0.05) is 44.2 Å². The molecule has 1 aromatic heterocycles. The third kappa shape index (κ3) is 5.36. The molecular formula is C21H31N3O2. The van der Waals surface area contributed by atoms with E-state index in [1.165, 1.54) is 5.56 Å². The van der Waals surface area contributed by atoms with Gasteiger partial charge in [0, 0.05) is 12.0 Å². The van der Waals surface area contributed by atoms with Gasteiger partial charge in [0.05, 0.1) is 13.1 Å². The van der Waals surface area contributed by atoms with Crippen LogP contribution in [0, 0.1) is 6.92 Å². The lowest BCUT2D eigenvalue weighted by atomic mass is 9.85. The predicted octanol–water partition coefficient (Wildman–Crippen LogP) is 3.33. The fourth-order valence-electron chi connectivity index (χ4n) is 2.67. The van der Waals surface area contributed by atoms with E-state index in [0.29, 0.717) is 24.8 Å². The molecule has 5 nitrogen and oxygen atoms in total. The highest BCUT2D eigenvalue weighted by atomic mass is 16.4. The van der Waals surface area contributed by atoms with Crippen molar-refractivity contribution < 1.29 is 9.52 Å². The van der Waals surface area contributed by atoms with Crippen LogP contribution in [-0.2, 0) is 11.0 Å². The van der Waals surface area contributed by atoms with Crippen molar-refractivity contribution in [2.24, 2.45) is 4.99 Å². The van der Waals surface area contributed by atoms with E-state index < -0.39 is 5.60 Å². The molecule has 0 aliphatic carbocycles. The Labute approximate surface area is 156 Å². The van der Waals surface area contributed by atoms with Gasteiger partial charge in [0.15, 0.2) is 5.96 Å². The summed E-state index contributed by atoms with van der Waals surface area (Å²) in [5, 5.41) is 17.1. The van der Waals surface area contributed by atoms with Crippen molar-refractivity contribution in [3.8, 4) is 0 Å². The third-order valence-corrected chi connectivity index (χ3v) is 4.40. The van der Waals surface area contributed by atoms with Crippen LogP contribution < -0.4 is 10.6 Å². The molecule has 26 heavy (non-hydrogen) atoms. The molecule has 0 amide bonds. The summed E-state index contributed by atoms with van der Waals surface area (Å²) >= 11 is 0. The number of furan rings is 1. The molecule has 0 fully saturated rings.